The van der Waals surface area contributed by atoms with Crippen molar-refractivity contribution in [2.24, 2.45) is 0 Å². The molecule has 0 saturated heterocycles. The van der Waals surface area contributed by atoms with E-state index in [4.69, 9.17) is 14.2 Å². The van der Waals surface area contributed by atoms with Crippen molar-refractivity contribution >= 4 is 17.9 Å². The number of hydrogen-bond donors (Lipinski definition) is 0. The molecule has 0 aromatic rings. The molecule has 0 aliphatic heterocycles. The van der Waals surface area contributed by atoms with E-state index in [-0.39, 0.29) is 31.1 Å². The molecule has 0 radical (unpaired) electrons. The van der Waals surface area contributed by atoms with Crippen LogP contribution in [0, 0.1) is 0 Å². The van der Waals surface area contributed by atoms with Crippen molar-refractivity contribution in [1.29, 1.82) is 0 Å². The summed E-state index contributed by atoms with van der Waals surface area (Å²) in [5, 5.41) is 0. The Kier molecular flexibility index (Phi) is 68.2. The zero-order valence-electron chi connectivity index (χ0n) is 55.2. The summed E-state index contributed by atoms with van der Waals surface area (Å²) in [7, 11) is 0. The standard InChI is InChI=1S/C77H136O6/c1-4-7-10-13-16-19-22-25-28-30-32-34-35-36-37-38-39-40-41-43-44-46-49-52-55-58-61-64-67-70-76(79)82-73-74(72-81-75(78)69-66-63-60-57-54-51-48-27-24-21-18-15-12-9-6-3)83-77(80)71-68-65-62-59-56-53-50-47-45-42-33-31-29-26-23-20-17-14-11-8-5-2/h9,12,18,21-23,25-27,30-33,48,74H,4-8,10-11,13-17,19-20,24,28-29,34-47,49-73H2,1-3H3/b12-9-,21-18-,25-22-,26-23-,32-30-,33-31-,48-27-. The predicted octanol–water partition coefficient (Wildman–Crippen LogP) is 25.0. The van der Waals surface area contributed by atoms with Crippen LogP contribution in [0.5, 0.6) is 0 Å². The fraction of sp³-hybridized carbons (Fsp3) is 0.779. The third kappa shape index (κ3) is 69.3. The van der Waals surface area contributed by atoms with Crippen molar-refractivity contribution in [1.82, 2.24) is 0 Å². The first-order valence-electron chi connectivity index (χ1n) is 36.1. The molecule has 6 heteroatoms. The van der Waals surface area contributed by atoms with Gasteiger partial charge in [0.05, 0.1) is 0 Å². The molecule has 0 rings (SSSR count). The number of allylic oxidation sites excluding steroid dienone is 14. The quantitative estimate of drug-likeness (QED) is 0.0261. The van der Waals surface area contributed by atoms with Gasteiger partial charge in [0.2, 0.25) is 0 Å². The van der Waals surface area contributed by atoms with Gasteiger partial charge in [-0.1, -0.05) is 318 Å². The number of carbonyl (C=O) groups excluding carboxylic acids is 3. The Morgan fingerprint density at radius 1 is 0.253 bits per heavy atom. The van der Waals surface area contributed by atoms with E-state index in [9.17, 15) is 14.4 Å². The summed E-state index contributed by atoms with van der Waals surface area (Å²) in [6.07, 6.45) is 94.7. The molecule has 83 heavy (non-hydrogen) atoms. The van der Waals surface area contributed by atoms with Gasteiger partial charge in [-0.3, -0.25) is 14.4 Å². The van der Waals surface area contributed by atoms with Gasteiger partial charge in [-0.25, -0.2) is 0 Å². The highest BCUT2D eigenvalue weighted by Crippen LogP contribution is 2.18. The molecule has 0 saturated carbocycles. The highest BCUT2D eigenvalue weighted by molar-refractivity contribution is 5.71. The molecule has 0 aliphatic rings. The van der Waals surface area contributed by atoms with E-state index >= 15 is 0 Å². The topological polar surface area (TPSA) is 78.9 Å². The van der Waals surface area contributed by atoms with Crippen molar-refractivity contribution in [2.75, 3.05) is 13.2 Å². The van der Waals surface area contributed by atoms with Crippen LogP contribution >= 0.6 is 0 Å². The van der Waals surface area contributed by atoms with Crippen molar-refractivity contribution < 1.29 is 28.6 Å². The maximum Gasteiger partial charge on any atom is 0.306 e. The van der Waals surface area contributed by atoms with Crippen LogP contribution in [0.4, 0.5) is 0 Å². The lowest BCUT2D eigenvalue weighted by Gasteiger charge is -2.18. The number of unbranched alkanes of at least 4 members (excludes halogenated alkanes) is 41. The average molecular weight is 1160 g/mol. The molecular formula is C77H136O6. The minimum Gasteiger partial charge on any atom is -0.462 e. The molecule has 0 bridgehead atoms. The fourth-order valence-electron chi connectivity index (χ4n) is 10.5. The van der Waals surface area contributed by atoms with Crippen LogP contribution in [0.1, 0.15) is 367 Å². The van der Waals surface area contributed by atoms with E-state index < -0.39 is 6.10 Å². The van der Waals surface area contributed by atoms with Gasteiger partial charge in [0.15, 0.2) is 6.10 Å². The minimum absolute atomic E-state index is 0.0812. The molecule has 1 atom stereocenters. The van der Waals surface area contributed by atoms with Gasteiger partial charge in [0.1, 0.15) is 13.2 Å². The smallest absolute Gasteiger partial charge is 0.306 e. The molecule has 0 spiro atoms. The first-order chi connectivity index (χ1) is 41.0. The molecule has 0 aliphatic carbocycles. The van der Waals surface area contributed by atoms with Crippen molar-refractivity contribution in [3.8, 4) is 0 Å². The first kappa shape index (κ1) is 79.6. The molecule has 0 amide bonds. The van der Waals surface area contributed by atoms with E-state index in [2.05, 4.69) is 106 Å². The molecule has 0 fully saturated rings. The Morgan fingerprint density at radius 3 is 0.735 bits per heavy atom. The highest BCUT2D eigenvalue weighted by Gasteiger charge is 2.19. The Bertz CT molecular complexity index is 1570. The monoisotopic (exact) mass is 1160 g/mol. The van der Waals surface area contributed by atoms with Gasteiger partial charge in [0.25, 0.3) is 0 Å². The number of esters is 3. The predicted molar refractivity (Wildman–Crippen MR) is 362 cm³/mol. The lowest BCUT2D eigenvalue weighted by molar-refractivity contribution is -0.167. The van der Waals surface area contributed by atoms with Gasteiger partial charge in [0, 0.05) is 19.3 Å². The summed E-state index contributed by atoms with van der Waals surface area (Å²) in [4.78, 5) is 38.5. The Hall–Kier alpha value is -3.41. The first-order valence-corrected chi connectivity index (χ1v) is 36.1. The van der Waals surface area contributed by atoms with Crippen LogP contribution in [-0.4, -0.2) is 37.2 Å². The lowest BCUT2D eigenvalue weighted by Crippen LogP contribution is -2.30. The second-order valence-corrected chi connectivity index (χ2v) is 24.1. The zero-order chi connectivity index (χ0) is 59.9. The Labute approximate surface area is 515 Å². The molecule has 1 unspecified atom stereocenters. The summed E-state index contributed by atoms with van der Waals surface area (Å²) in [5.41, 5.74) is 0. The van der Waals surface area contributed by atoms with Gasteiger partial charge in [-0.05, 0) is 116 Å². The van der Waals surface area contributed by atoms with Crippen LogP contribution in [0.25, 0.3) is 0 Å². The summed E-state index contributed by atoms with van der Waals surface area (Å²) in [6, 6.07) is 0. The molecule has 0 heterocycles. The van der Waals surface area contributed by atoms with E-state index in [1.165, 1.54) is 218 Å². The molecular weight excluding hydrogens is 1020 g/mol. The van der Waals surface area contributed by atoms with Crippen LogP contribution in [0.15, 0.2) is 85.1 Å². The summed E-state index contributed by atoms with van der Waals surface area (Å²) in [5.74, 6) is -0.884. The van der Waals surface area contributed by atoms with E-state index in [0.717, 1.165) is 109 Å². The Morgan fingerprint density at radius 2 is 0.470 bits per heavy atom. The number of carbonyl (C=O) groups is 3. The second-order valence-electron chi connectivity index (χ2n) is 24.1. The van der Waals surface area contributed by atoms with E-state index in [0.29, 0.717) is 19.3 Å². The van der Waals surface area contributed by atoms with Crippen LogP contribution in [0.3, 0.4) is 0 Å². The van der Waals surface area contributed by atoms with Crippen LogP contribution in [-0.2, 0) is 28.6 Å². The maximum atomic E-state index is 13.0. The second kappa shape index (κ2) is 71.1. The van der Waals surface area contributed by atoms with Gasteiger partial charge in [-0.15, -0.1) is 0 Å². The molecule has 0 aromatic carbocycles. The molecule has 6 nitrogen and oxygen atoms in total. The Balaban J connectivity index is 4.27. The summed E-state index contributed by atoms with van der Waals surface area (Å²) >= 11 is 0. The van der Waals surface area contributed by atoms with Gasteiger partial charge < -0.3 is 14.2 Å². The number of ether oxygens (including phenoxy) is 3. The molecule has 480 valence electrons. The lowest BCUT2D eigenvalue weighted by atomic mass is 10.0. The van der Waals surface area contributed by atoms with E-state index in [1.807, 2.05) is 0 Å². The van der Waals surface area contributed by atoms with Crippen molar-refractivity contribution in [2.45, 2.75) is 374 Å². The maximum absolute atomic E-state index is 13.0. The largest absolute Gasteiger partial charge is 0.462 e. The van der Waals surface area contributed by atoms with E-state index in [1.54, 1.807) is 0 Å². The van der Waals surface area contributed by atoms with Crippen molar-refractivity contribution in [3.63, 3.8) is 0 Å². The summed E-state index contributed by atoms with van der Waals surface area (Å²) in [6.45, 7) is 6.54. The number of hydrogen-bond acceptors (Lipinski definition) is 6. The fourth-order valence-corrected chi connectivity index (χ4v) is 10.5. The van der Waals surface area contributed by atoms with Crippen LogP contribution < -0.4 is 0 Å². The van der Waals surface area contributed by atoms with Gasteiger partial charge in [-0.2, -0.15) is 0 Å². The molecule has 0 N–H and O–H groups in total. The molecule has 0 aromatic heterocycles. The SMILES string of the molecule is CC/C=C\C/C=C\C/C=C\CCCCCCCC(=O)OCC(COC(=O)CCCCCCCCCCCCCCCCCCC/C=C\C/C=C\CCCCCCC)OC(=O)CCCCCCCCCCC/C=C\C/C=C\CCCCCCC. The zero-order valence-corrected chi connectivity index (χ0v) is 55.2. The van der Waals surface area contributed by atoms with Crippen LogP contribution in [0.2, 0.25) is 0 Å². The number of rotatable bonds is 66. The summed E-state index contributed by atoms with van der Waals surface area (Å²) < 4.78 is 17.0. The minimum atomic E-state index is -0.788. The third-order valence-corrected chi connectivity index (χ3v) is 15.9. The third-order valence-electron chi connectivity index (χ3n) is 15.9. The highest BCUT2D eigenvalue weighted by atomic mass is 16.6. The van der Waals surface area contributed by atoms with Crippen molar-refractivity contribution in [3.05, 3.63) is 85.1 Å². The average Bonchev–Trinajstić information content (AvgIpc) is 3.49. The normalized spacial score (nSPS) is 12.6. The van der Waals surface area contributed by atoms with Gasteiger partial charge >= 0.3 is 17.9 Å².